The number of urea groups is 1. The zero-order valence-corrected chi connectivity index (χ0v) is 15.1. The largest absolute Gasteiger partial charge is 0.427 e. The number of hydrogen-bond acceptors (Lipinski definition) is 3. The molecule has 2 N–H and O–H groups in total. The summed E-state index contributed by atoms with van der Waals surface area (Å²) in [6.45, 7) is 3.42. The second-order valence-corrected chi connectivity index (χ2v) is 6.68. The lowest BCUT2D eigenvalue weighted by Gasteiger charge is -2.37. The maximum atomic E-state index is 14.0. The Balaban J connectivity index is 2.11. The first kappa shape index (κ1) is 19.5. The van der Waals surface area contributed by atoms with Gasteiger partial charge in [-0.3, -0.25) is 9.36 Å². The number of anilines is 1. The molecule has 9 heteroatoms. The summed E-state index contributed by atoms with van der Waals surface area (Å²) in [7, 11) is 0. The van der Waals surface area contributed by atoms with Crippen LogP contribution in [0.5, 0.6) is 0 Å². The number of aromatic nitrogens is 2. The first-order chi connectivity index (χ1) is 13.1. The average molecular weight is 390 g/mol. The minimum absolute atomic E-state index is 0.00595. The second-order valence-electron chi connectivity index (χ2n) is 6.68. The van der Waals surface area contributed by atoms with E-state index in [0.717, 1.165) is 0 Å². The van der Waals surface area contributed by atoms with Gasteiger partial charge in [-0.15, -0.1) is 0 Å². The summed E-state index contributed by atoms with van der Waals surface area (Å²) in [4.78, 5) is 27.7. The van der Waals surface area contributed by atoms with Crippen molar-refractivity contribution in [3.8, 4) is 11.8 Å². The first-order valence-electron chi connectivity index (χ1n) is 8.45. The van der Waals surface area contributed by atoms with Gasteiger partial charge in [0.2, 0.25) is 5.54 Å². The van der Waals surface area contributed by atoms with E-state index in [1.807, 2.05) is 5.32 Å². The van der Waals surface area contributed by atoms with Crippen molar-refractivity contribution in [1.82, 2.24) is 14.9 Å². The maximum absolute atomic E-state index is 14.0. The Hall–Kier alpha value is -3.28. The number of alkyl halides is 3. The van der Waals surface area contributed by atoms with E-state index in [0.29, 0.717) is 5.56 Å². The van der Waals surface area contributed by atoms with E-state index < -0.39 is 17.7 Å². The highest BCUT2D eigenvalue weighted by atomic mass is 19.4. The Morgan fingerprint density at radius 1 is 1.25 bits per heavy atom. The van der Waals surface area contributed by atoms with E-state index in [1.54, 1.807) is 13.8 Å². The van der Waals surface area contributed by atoms with Crippen molar-refractivity contribution in [2.75, 3.05) is 5.32 Å². The molecule has 2 amide bonds. The third-order valence-electron chi connectivity index (χ3n) is 4.16. The molecule has 1 atom stereocenters. The van der Waals surface area contributed by atoms with E-state index >= 15 is 0 Å². The molecule has 6 nitrogen and oxygen atoms in total. The van der Waals surface area contributed by atoms with Crippen molar-refractivity contribution < 1.29 is 18.0 Å². The van der Waals surface area contributed by atoms with E-state index in [9.17, 15) is 22.8 Å². The summed E-state index contributed by atoms with van der Waals surface area (Å²) in [5, 5.41) is 4.34. The van der Waals surface area contributed by atoms with Crippen molar-refractivity contribution in [2.24, 2.45) is 5.92 Å². The molecule has 0 spiro atoms. The van der Waals surface area contributed by atoms with Gasteiger partial charge in [-0.05, 0) is 11.6 Å². The lowest BCUT2D eigenvalue weighted by molar-refractivity contribution is -0.178. The van der Waals surface area contributed by atoms with Gasteiger partial charge in [-0.2, -0.15) is 13.2 Å². The van der Waals surface area contributed by atoms with Gasteiger partial charge in [0.15, 0.2) is 0 Å². The SMILES string of the molecule is CC(C)C#C[C@@]1(C(F)(F)F)NC(=O)Nc2cc(Cn3cnccc3=O)ccc21. The van der Waals surface area contributed by atoms with Crippen LogP contribution in [0.3, 0.4) is 0 Å². The maximum Gasteiger partial charge on any atom is 0.427 e. The third kappa shape index (κ3) is 3.58. The van der Waals surface area contributed by atoms with Gasteiger partial charge in [-0.1, -0.05) is 37.8 Å². The third-order valence-corrected chi connectivity index (χ3v) is 4.16. The Morgan fingerprint density at radius 3 is 2.64 bits per heavy atom. The van der Waals surface area contributed by atoms with E-state index in [2.05, 4.69) is 22.1 Å². The zero-order chi connectivity index (χ0) is 20.5. The van der Waals surface area contributed by atoms with Gasteiger partial charge < -0.3 is 10.6 Å². The van der Waals surface area contributed by atoms with Crippen LogP contribution in [-0.2, 0) is 12.1 Å². The Labute approximate surface area is 158 Å². The summed E-state index contributed by atoms with van der Waals surface area (Å²) in [6.07, 6.45) is -2.15. The number of fused-ring (bicyclic) bond motifs is 1. The molecule has 1 aromatic carbocycles. The first-order valence-corrected chi connectivity index (χ1v) is 8.45. The summed E-state index contributed by atoms with van der Waals surface area (Å²) in [5.41, 5.74) is -2.78. The molecule has 28 heavy (non-hydrogen) atoms. The molecule has 1 aliphatic heterocycles. The number of benzene rings is 1. The molecule has 0 saturated heterocycles. The van der Waals surface area contributed by atoms with Crippen LogP contribution >= 0.6 is 0 Å². The van der Waals surface area contributed by atoms with Crippen LogP contribution in [-0.4, -0.2) is 21.8 Å². The monoisotopic (exact) mass is 390 g/mol. The van der Waals surface area contributed by atoms with Gasteiger partial charge in [0.25, 0.3) is 5.56 Å². The number of amides is 2. The number of halogens is 3. The highest BCUT2D eigenvalue weighted by Gasteiger charge is 2.59. The predicted molar refractivity (Wildman–Crippen MR) is 96.5 cm³/mol. The molecule has 1 aromatic heterocycles. The number of nitrogens with zero attached hydrogens (tertiary/aromatic N) is 2. The Bertz CT molecular complexity index is 1030. The quantitative estimate of drug-likeness (QED) is 0.775. The lowest BCUT2D eigenvalue weighted by Crippen LogP contribution is -2.59. The van der Waals surface area contributed by atoms with Crippen LogP contribution < -0.4 is 16.2 Å². The summed E-state index contributed by atoms with van der Waals surface area (Å²) < 4.78 is 43.3. The van der Waals surface area contributed by atoms with Crippen LogP contribution in [0.15, 0.2) is 41.6 Å². The molecular formula is C19H17F3N4O2. The fourth-order valence-corrected chi connectivity index (χ4v) is 2.85. The fourth-order valence-electron chi connectivity index (χ4n) is 2.85. The summed E-state index contributed by atoms with van der Waals surface area (Å²) in [6, 6.07) is 4.42. The van der Waals surface area contributed by atoms with Crippen molar-refractivity contribution in [2.45, 2.75) is 32.1 Å². The topological polar surface area (TPSA) is 76.0 Å². The molecule has 0 unspecified atom stereocenters. The van der Waals surface area contributed by atoms with Crippen LogP contribution in [0.1, 0.15) is 25.0 Å². The highest BCUT2D eigenvalue weighted by molar-refractivity contribution is 5.95. The molecule has 0 fully saturated rings. The molecule has 146 valence electrons. The number of hydrogen-bond donors (Lipinski definition) is 2. The van der Waals surface area contributed by atoms with Crippen LogP contribution in [0, 0.1) is 17.8 Å². The van der Waals surface area contributed by atoms with Crippen LogP contribution in [0.2, 0.25) is 0 Å². The average Bonchev–Trinajstić information content (AvgIpc) is 2.60. The molecule has 2 heterocycles. The van der Waals surface area contributed by atoms with Gasteiger partial charge in [0, 0.05) is 29.4 Å². The lowest BCUT2D eigenvalue weighted by atomic mass is 9.85. The normalized spacial score (nSPS) is 18.6. The molecule has 0 aliphatic carbocycles. The smallest absolute Gasteiger partial charge is 0.310 e. The predicted octanol–water partition coefficient (Wildman–Crippen LogP) is 2.84. The van der Waals surface area contributed by atoms with Crippen molar-refractivity contribution in [1.29, 1.82) is 0 Å². The Morgan fingerprint density at radius 2 is 2.00 bits per heavy atom. The molecule has 0 bridgehead atoms. The van der Waals surface area contributed by atoms with Gasteiger partial charge in [-0.25, -0.2) is 9.78 Å². The zero-order valence-electron chi connectivity index (χ0n) is 15.1. The minimum Gasteiger partial charge on any atom is -0.310 e. The van der Waals surface area contributed by atoms with Crippen molar-refractivity contribution >= 4 is 11.7 Å². The van der Waals surface area contributed by atoms with E-state index in [-0.39, 0.29) is 29.3 Å². The molecule has 1 aliphatic rings. The van der Waals surface area contributed by atoms with Gasteiger partial charge >= 0.3 is 12.2 Å². The van der Waals surface area contributed by atoms with Crippen LogP contribution in [0.25, 0.3) is 0 Å². The number of carbonyl (C=O) groups excluding carboxylic acids is 1. The standard InChI is InChI=1S/C19H17F3N4O2/c1-12(2)5-7-18(19(20,21)22)14-4-3-13(9-15(14)24-17(28)25-18)10-26-11-23-8-6-16(26)27/h3-4,6,8-9,11-12H,10H2,1-2H3,(H2,24,25,28)/t18-/m1/s1. The Kier molecular flexibility index (Phi) is 4.89. The number of rotatable bonds is 2. The minimum atomic E-state index is -4.83. The molecule has 0 saturated carbocycles. The highest BCUT2D eigenvalue weighted by Crippen LogP contribution is 2.44. The summed E-state index contributed by atoms with van der Waals surface area (Å²) >= 11 is 0. The summed E-state index contributed by atoms with van der Waals surface area (Å²) in [5.74, 6) is 4.43. The molecule has 0 radical (unpaired) electrons. The van der Waals surface area contributed by atoms with E-state index in [4.69, 9.17) is 0 Å². The van der Waals surface area contributed by atoms with E-state index in [1.165, 1.54) is 41.4 Å². The fraction of sp³-hybridized carbons (Fsp3) is 0.316. The molecule has 2 aromatic rings. The molecular weight excluding hydrogens is 373 g/mol. The number of nitrogens with one attached hydrogen (secondary N) is 2. The van der Waals surface area contributed by atoms with Gasteiger partial charge in [0.1, 0.15) is 0 Å². The number of carbonyl (C=O) groups is 1. The molecule has 3 rings (SSSR count). The van der Waals surface area contributed by atoms with Crippen molar-refractivity contribution in [3.05, 3.63) is 58.3 Å². The van der Waals surface area contributed by atoms with Crippen molar-refractivity contribution in [3.63, 3.8) is 0 Å². The second kappa shape index (κ2) is 7.03. The van der Waals surface area contributed by atoms with Gasteiger partial charge in [0.05, 0.1) is 12.9 Å². The van der Waals surface area contributed by atoms with Crippen LogP contribution in [0.4, 0.5) is 23.7 Å².